The minimum absolute atomic E-state index is 0.0428. The third-order valence-corrected chi connectivity index (χ3v) is 6.99. The van der Waals surface area contributed by atoms with E-state index in [0.29, 0.717) is 11.5 Å². The molecule has 1 unspecified atom stereocenters. The van der Waals surface area contributed by atoms with Crippen LogP contribution in [0.3, 0.4) is 0 Å². The van der Waals surface area contributed by atoms with Gasteiger partial charge in [-0.05, 0) is 43.2 Å². The molecule has 0 saturated carbocycles. The first-order valence-corrected chi connectivity index (χ1v) is 9.86. The van der Waals surface area contributed by atoms with Crippen LogP contribution in [0.2, 0.25) is 0 Å². The number of likely N-dealkylation sites (N-methyl/N-ethyl adjacent to an activating group) is 1. The molecule has 2 heterocycles. The van der Waals surface area contributed by atoms with E-state index in [-0.39, 0.29) is 29.3 Å². The molecule has 0 spiro atoms. The number of methoxy groups -OCH3 is 2. The molecule has 1 saturated heterocycles. The monoisotopic (exact) mass is 401 g/mol. The number of nitrogens with zero attached hydrogens (tertiary/aromatic N) is 4. The molecule has 1 aromatic rings. The van der Waals surface area contributed by atoms with Gasteiger partial charge in [0.25, 0.3) is 0 Å². The van der Waals surface area contributed by atoms with Crippen LogP contribution in [-0.4, -0.2) is 38.3 Å². The Morgan fingerprint density at radius 3 is 2.40 bits per heavy atom. The zero-order chi connectivity index (χ0) is 21.6. The number of allylic oxidation sites excluding steroid dienone is 2. The Bertz CT molecular complexity index is 1070. The summed E-state index contributed by atoms with van der Waals surface area (Å²) in [6.07, 6.45) is 4.01. The van der Waals surface area contributed by atoms with E-state index in [1.165, 1.54) is 0 Å². The molecule has 4 atom stereocenters. The second-order valence-electron chi connectivity index (χ2n) is 8.05. The van der Waals surface area contributed by atoms with E-state index in [4.69, 9.17) is 15.2 Å². The molecule has 4 rings (SSSR count). The first kappa shape index (κ1) is 19.8. The van der Waals surface area contributed by atoms with Gasteiger partial charge < -0.3 is 15.2 Å². The summed E-state index contributed by atoms with van der Waals surface area (Å²) in [6.45, 7) is 0. The molecular weight excluding hydrogens is 378 g/mol. The van der Waals surface area contributed by atoms with E-state index in [2.05, 4.69) is 36.2 Å². The van der Waals surface area contributed by atoms with Crippen molar-refractivity contribution in [1.29, 1.82) is 15.8 Å². The first-order valence-electron chi connectivity index (χ1n) is 9.86. The molecule has 30 heavy (non-hydrogen) atoms. The van der Waals surface area contributed by atoms with Gasteiger partial charge >= 0.3 is 0 Å². The molecule has 0 aromatic heterocycles. The minimum atomic E-state index is -1.65. The van der Waals surface area contributed by atoms with Crippen molar-refractivity contribution in [2.45, 2.75) is 30.8 Å². The summed E-state index contributed by atoms with van der Waals surface area (Å²) in [4.78, 5) is 2.29. The fourth-order valence-corrected chi connectivity index (χ4v) is 5.51. The first-order chi connectivity index (χ1) is 14.5. The third kappa shape index (κ3) is 2.45. The molecule has 3 aliphatic rings. The Kier molecular flexibility index (Phi) is 4.69. The molecule has 1 aliphatic carbocycles. The van der Waals surface area contributed by atoms with Gasteiger partial charge in [0.1, 0.15) is 6.07 Å². The molecule has 0 amide bonds. The third-order valence-electron chi connectivity index (χ3n) is 6.99. The molecule has 2 bridgehead atoms. The zero-order valence-corrected chi connectivity index (χ0v) is 17.2. The number of nitriles is 3. The van der Waals surface area contributed by atoms with Crippen molar-refractivity contribution in [3.8, 4) is 29.7 Å². The van der Waals surface area contributed by atoms with Crippen LogP contribution >= 0.6 is 0 Å². The van der Waals surface area contributed by atoms with Crippen molar-refractivity contribution in [3.05, 3.63) is 46.7 Å². The highest BCUT2D eigenvalue weighted by Crippen LogP contribution is 2.58. The summed E-state index contributed by atoms with van der Waals surface area (Å²) < 4.78 is 10.8. The number of rotatable bonds is 3. The van der Waals surface area contributed by atoms with Crippen molar-refractivity contribution in [2.24, 2.45) is 17.1 Å². The summed E-state index contributed by atoms with van der Waals surface area (Å²) in [5, 5.41) is 30.3. The predicted octanol–water partition coefficient (Wildman–Crippen LogP) is 2.59. The molecule has 1 aromatic carbocycles. The highest BCUT2D eigenvalue weighted by atomic mass is 16.5. The Morgan fingerprint density at radius 2 is 1.80 bits per heavy atom. The van der Waals surface area contributed by atoms with Gasteiger partial charge in [-0.1, -0.05) is 12.1 Å². The summed E-state index contributed by atoms with van der Waals surface area (Å²) >= 11 is 0. The fraction of sp³-hybridized carbons (Fsp3) is 0.435. The summed E-state index contributed by atoms with van der Waals surface area (Å²) in [6, 6.07) is 12.4. The van der Waals surface area contributed by atoms with Gasteiger partial charge in [0.15, 0.2) is 16.9 Å². The standard InChI is InChI=1S/C23H23N5O2/c1-28-14-5-6-17(28)20-15(9-14)16(10-24)22(27)23(11-25,12-26)21(20)13-4-7-18(29-2)19(8-13)30-3/h4,7-9,14,17,20-21H,5-6,27H2,1-3H3/t14?,17-,20+,21-/m0/s1. The summed E-state index contributed by atoms with van der Waals surface area (Å²) in [5.41, 5.74) is 6.71. The summed E-state index contributed by atoms with van der Waals surface area (Å²) in [5.74, 6) is 0.345. The van der Waals surface area contributed by atoms with Crippen molar-refractivity contribution < 1.29 is 9.47 Å². The van der Waals surface area contributed by atoms with Gasteiger partial charge in [0.2, 0.25) is 0 Å². The smallest absolute Gasteiger partial charge is 0.191 e. The lowest BCUT2D eigenvalue weighted by Crippen LogP contribution is -2.51. The van der Waals surface area contributed by atoms with Crippen molar-refractivity contribution in [3.63, 3.8) is 0 Å². The van der Waals surface area contributed by atoms with Crippen LogP contribution in [0, 0.1) is 45.3 Å². The van der Waals surface area contributed by atoms with Crippen LogP contribution in [0.5, 0.6) is 11.5 Å². The van der Waals surface area contributed by atoms with E-state index < -0.39 is 11.3 Å². The molecular formula is C23H23N5O2. The molecule has 1 fully saturated rings. The van der Waals surface area contributed by atoms with Crippen molar-refractivity contribution in [1.82, 2.24) is 4.90 Å². The average Bonchev–Trinajstić information content (AvgIpc) is 3.01. The topological polar surface area (TPSA) is 119 Å². The number of nitrogens with two attached hydrogens (primary N) is 1. The number of ether oxygens (including phenoxy) is 2. The van der Waals surface area contributed by atoms with Crippen LogP contribution in [0.25, 0.3) is 0 Å². The highest BCUT2D eigenvalue weighted by Gasteiger charge is 2.58. The van der Waals surface area contributed by atoms with Gasteiger partial charge in [0.05, 0.1) is 37.6 Å². The fourth-order valence-electron chi connectivity index (χ4n) is 5.51. The number of fused-ring (bicyclic) bond motifs is 4. The average molecular weight is 401 g/mol. The molecule has 152 valence electrons. The number of hydrogen-bond donors (Lipinski definition) is 1. The Morgan fingerprint density at radius 1 is 1.10 bits per heavy atom. The van der Waals surface area contributed by atoms with E-state index >= 15 is 0 Å². The lowest BCUT2D eigenvalue weighted by molar-refractivity contribution is 0.160. The van der Waals surface area contributed by atoms with Gasteiger partial charge in [0, 0.05) is 23.9 Å². The second kappa shape index (κ2) is 7.10. The van der Waals surface area contributed by atoms with Crippen molar-refractivity contribution >= 4 is 0 Å². The maximum absolute atomic E-state index is 10.2. The summed E-state index contributed by atoms with van der Waals surface area (Å²) in [7, 11) is 5.17. The predicted molar refractivity (Wildman–Crippen MR) is 109 cm³/mol. The molecule has 7 heteroatoms. The van der Waals surface area contributed by atoms with E-state index in [1.807, 2.05) is 12.1 Å². The van der Waals surface area contributed by atoms with Crippen LogP contribution in [-0.2, 0) is 0 Å². The van der Waals surface area contributed by atoms with E-state index in [0.717, 1.165) is 24.0 Å². The SMILES string of the molecule is COc1ccc([C@H]2[C@@H]3C(=CC4CC[C@@H]3N4C)C(C#N)=C(N)C2(C#N)C#N)cc1OC. The van der Waals surface area contributed by atoms with Gasteiger partial charge in [-0.25, -0.2) is 0 Å². The normalized spacial score (nSPS) is 29.1. The minimum Gasteiger partial charge on any atom is -0.493 e. The van der Waals surface area contributed by atoms with Crippen LogP contribution in [0.4, 0.5) is 0 Å². The number of hydrogen-bond acceptors (Lipinski definition) is 7. The lowest BCUT2D eigenvalue weighted by Gasteiger charge is -2.48. The highest BCUT2D eigenvalue weighted by molar-refractivity contribution is 5.61. The molecule has 0 radical (unpaired) electrons. The number of benzene rings is 1. The molecule has 7 nitrogen and oxygen atoms in total. The van der Waals surface area contributed by atoms with Gasteiger partial charge in [-0.3, -0.25) is 4.90 Å². The Labute approximate surface area is 176 Å². The maximum Gasteiger partial charge on any atom is 0.191 e. The molecule has 2 aliphatic heterocycles. The van der Waals surface area contributed by atoms with Crippen LogP contribution < -0.4 is 15.2 Å². The lowest BCUT2D eigenvalue weighted by atomic mass is 9.56. The second-order valence-corrected chi connectivity index (χ2v) is 8.05. The maximum atomic E-state index is 10.2. The van der Waals surface area contributed by atoms with Gasteiger partial charge in [-0.2, -0.15) is 15.8 Å². The Hall–Kier alpha value is -3.47. The Balaban J connectivity index is 2.03. The van der Waals surface area contributed by atoms with Crippen LogP contribution in [0.1, 0.15) is 24.3 Å². The largest absolute Gasteiger partial charge is 0.493 e. The van der Waals surface area contributed by atoms with Crippen LogP contribution in [0.15, 0.2) is 41.1 Å². The van der Waals surface area contributed by atoms with Gasteiger partial charge in [-0.15, -0.1) is 0 Å². The molecule has 2 N–H and O–H groups in total. The van der Waals surface area contributed by atoms with Crippen molar-refractivity contribution in [2.75, 3.05) is 21.3 Å². The van der Waals surface area contributed by atoms with E-state index in [1.54, 1.807) is 20.3 Å². The quantitative estimate of drug-likeness (QED) is 0.826. The van der Waals surface area contributed by atoms with E-state index in [9.17, 15) is 15.8 Å². The zero-order valence-electron chi connectivity index (χ0n) is 17.2.